The zero-order chi connectivity index (χ0) is 16.2. The molecule has 0 atom stereocenters. The number of fused-ring (bicyclic) bond motifs is 1. The first-order valence-corrected chi connectivity index (χ1v) is 9.04. The minimum atomic E-state index is 0.0118. The molecule has 0 bridgehead atoms. The molecule has 0 aromatic heterocycles. The second-order valence-corrected chi connectivity index (χ2v) is 6.98. The number of allylic oxidation sites excluding steroid dienone is 1. The Bertz CT molecular complexity index is 678. The van der Waals surface area contributed by atoms with Crippen LogP contribution in [-0.4, -0.2) is 0 Å². The zero-order valence-corrected chi connectivity index (χ0v) is 14.2. The van der Waals surface area contributed by atoms with E-state index in [1.54, 1.807) is 0 Å². The fourth-order valence-electron chi connectivity index (χ4n) is 3.98. The molecule has 2 aromatic carbocycles. The molecule has 0 spiro atoms. The van der Waals surface area contributed by atoms with Gasteiger partial charge >= 0.3 is 0 Å². The average molecular weight is 310 g/mol. The smallest absolute Gasteiger partial charge is 0.134 e. The van der Waals surface area contributed by atoms with Crippen molar-refractivity contribution in [2.24, 2.45) is 5.92 Å². The molecule has 23 heavy (non-hydrogen) atoms. The summed E-state index contributed by atoms with van der Waals surface area (Å²) in [7, 11) is 0. The molecular weight excluding hydrogens is 283 g/mol. The van der Waals surface area contributed by atoms with Crippen molar-refractivity contribution in [1.82, 2.24) is 0 Å². The van der Waals surface area contributed by atoms with Crippen LogP contribution in [0.25, 0.3) is 10.8 Å². The molecule has 0 unspecified atom stereocenters. The highest BCUT2D eigenvalue weighted by Gasteiger charge is 2.24. The molecule has 0 nitrogen and oxygen atoms in total. The highest BCUT2D eigenvalue weighted by molar-refractivity contribution is 5.84. The van der Waals surface area contributed by atoms with Gasteiger partial charge in [-0.25, -0.2) is 4.39 Å². The second kappa shape index (κ2) is 7.29. The maximum absolute atomic E-state index is 15.0. The van der Waals surface area contributed by atoms with Crippen LogP contribution in [0.1, 0.15) is 62.5 Å². The Morgan fingerprint density at radius 1 is 1.13 bits per heavy atom. The van der Waals surface area contributed by atoms with E-state index in [1.165, 1.54) is 24.8 Å². The molecule has 1 heteroatoms. The lowest BCUT2D eigenvalue weighted by Crippen LogP contribution is -2.13. The number of rotatable bonds is 5. The minimum Gasteiger partial charge on any atom is -0.206 e. The first kappa shape index (κ1) is 16.2. The van der Waals surface area contributed by atoms with Gasteiger partial charge in [0.05, 0.1) is 0 Å². The highest BCUT2D eigenvalue weighted by Crippen LogP contribution is 2.39. The van der Waals surface area contributed by atoms with Crippen molar-refractivity contribution in [2.45, 2.75) is 57.8 Å². The predicted molar refractivity (Wildman–Crippen MR) is 97.4 cm³/mol. The SMILES string of the molecule is C=CCCc1ccc2c(F)c(C3CCC(CC)CC3)ccc2c1. The summed E-state index contributed by atoms with van der Waals surface area (Å²) >= 11 is 0. The monoisotopic (exact) mass is 310 g/mol. The van der Waals surface area contributed by atoms with Gasteiger partial charge in [-0.1, -0.05) is 49.8 Å². The van der Waals surface area contributed by atoms with E-state index >= 15 is 4.39 Å². The fraction of sp³-hybridized carbons (Fsp3) is 0.455. The Morgan fingerprint density at radius 2 is 1.91 bits per heavy atom. The first-order valence-electron chi connectivity index (χ1n) is 9.04. The Hall–Kier alpha value is -1.63. The standard InChI is InChI=1S/C22H27F/c1-3-5-6-17-9-13-21-19(15-17)12-14-20(22(21)23)18-10-7-16(4-2)8-11-18/h3,9,12-16,18H,1,4-8,10-11H2,2H3. The third-order valence-electron chi connectivity index (χ3n) is 5.55. The van der Waals surface area contributed by atoms with Gasteiger partial charge in [0, 0.05) is 5.39 Å². The topological polar surface area (TPSA) is 0 Å². The largest absolute Gasteiger partial charge is 0.206 e. The van der Waals surface area contributed by atoms with Gasteiger partial charge in [0.1, 0.15) is 5.82 Å². The van der Waals surface area contributed by atoms with Crippen molar-refractivity contribution in [2.75, 3.05) is 0 Å². The van der Waals surface area contributed by atoms with Gasteiger partial charge in [-0.3, -0.25) is 0 Å². The van der Waals surface area contributed by atoms with Crippen LogP contribution < -0.4 is 0 Å². The molecule has 1 fully saturated rings. The third-order valence-corrected chi connectivity index (χ3v) is 5.55. The average Bonchev–Trinajstić information content (AvgIpc) is 2.60. The molecule has 122 valence electrons. The van der Waals surface area contributed by atoms with E-state index in [9.17, 15) is 0 Å². The Kier molecular flexibility index (Phi) is 5.15. The van der Waals surface area contributed by atoms with Crippen molar-refractivity contribution in [3.05, 3.63) is 59.9 Å². The second-order valence-electron chi connectivity index (χ2n) is 6.98. The summed E-state index contributed by atoms with van der Waals surface area (Å²) in [4.78, 5) is 0. The van der Waals surface area contributed by atoms with Crippen LogP contribution in [0.3, 0.4) is 0 Å². The summed E-state index contributed by atoms with van der Waals surface area (Å²) in [5.74, 6) is 1.27. The summed E-state index contributed by atoms with van der Waals surface area (Å²) in [6.07, 6.45) is 9.91. The highest BCUT2D eigenvalue weighted by atomic mass is 19.1. The Balaban J connectivity index is 1.85. The van der Waals surface area contributed by atoms with Gasteiger partial charge in [0.2, 0.25) is 0 Å². The molecule has 0 aliphatic heterocycles. The maximum Gasteiger partial charge on any atom is 0.134 e. The third kappa shape index (κ3) is 3.49. The Morgan fingerprint density at radius 3 is 2.61 bits per heavy atom. The fourth-order valence-corrected chi connectivity index (χ4v) is 3.98. The van der Waals surface area contributed by atoms with Crippen LogP contribution in [0.5, 0.6) is 0 Å². The molecule has 0 N–H and O–H groups in total. The van der Waals surface area contributed by atoms with Gasteiger partial charge in [-0.05, 0) is 66.9 Å². The van der Waals surface area contributed by atoms with E-state index in [-0.39, 0.29) is 5.82 Å². The van der Waals surface area contributed by atoms with Crippen molar-refractivity contribution < 1.29 is 4.39 Å². The normalized spacial score (nSPS) is 21.5. The summed E-state index contributed by atoms with van der Waals surface area (Å²) in [5.41, 5.74) is 2.19. The lowest BCUT2D eigenvalue weighted by atomic mass is 9.77. The lowest BCUT2D eigenvalue weighted by molar-refractivity contribution is 0.315. The lowest BCUT2D eigenvalue weighted by Gasteiger charge is -2.28. The summed E-state index contributed by atoms with van der Waals surface area (Å²) in [5, 5.41) is 1.80. The quantitative estimate of drug-likeness (QED) is 0.534. The number of hydrogen-bond acceptors (Lipinski definition) is 0. The number of benzene rings is 2. The molecule has 0 saturated heterocycles. The molecule has 0 amide bonds. The number of halogens is 1. The summed E-state index contributed by atoms with van der Waals surface area (Å²) in [6.45, 7) is 6.04. The van der Waals surface area contributed by atoms with E-state index in [2.05, 4.69) is 31.7 Å². The molecule has 0 heterocycles. The summed E-state index contributed by atoms with van der Waals surface area (Å²) in [6, 6.07) is 10.3. The molecular formula is C22H27F. The molecule has 3 rings (SSSR count). The Labute approximate surface area is 139 Å². The van der Waals surface area contributed by atoms with E-state index in [0.717, 1.165) is 47.9 Å². The van der Waals surface area contributed by atoms with Gasteiger partial charge in [0.25, 0.3) is 0 Å². The molecule has 1 saturated carbocycles. The molecule has 2 aromatic rings. The van der Waals surface area contributed by atoms with Crippen molar-refractivity contribution in [3.63, 3.8) is 0 Å². The maximum atomic E-state index is 15.0. The molecule has 1 aliphatic rings. The van der Waals surface area contributed by atoms with E-state index in [1.807, 2.05) is 18.2 Å². The van der Waals surface area contributed by atoms with Gasteiger partial charge in [-0.2, -0.15) is 0 Å². The van der Waals surface area contributed by atoms with Gasteiger partial charge in [-0.15, -0.1) is 6.58 Å². The first-order chi connectivity index (χ1) is 11.2. The van der Waals surface area contributed by atoms with Crippen LogP contribution in [0, 0.1) is 11.7 Å². The van der Waals surface area contributed by atoms with E-state index < -0.39 is 0 Å². The van der Waals surface area contributed by atoms with Crippen molar-refractivity contribution in [1.29, 1.82) is 0 Å². The van der Waals surface area contributed by atoms with Crippen LogP contribution in [0.2, 0.25) is 0 Å². The zero-order valence-electron chi connectivity index (χ0n) is 14.2. The summed E-state index contributed by atoms with van der Waals surface area (Å²) < 4.78 is 15.0. The number of aryl methyl sites for hydroxylation is 1. The van der Waals surface area contributed by atoms with E-state index in [0.29, 0.717) is 5.92 Å². The van der Waals surface area contributed by atoms with Crippen LogP contribution in [0.4, 0.5) is 4.39 Å². The van der Waals surface area contributed by atoms with Crippen LogP contribution in [-0.2, 0) is 6.42 Å². The van der Waals surface area contributed by atoms with Gasteiger partial charge < -0.3 is 0 Å². The van der Waals surface area contributed by atoms with E-state index in [4.69, 9.17) is 0 Å². The predicted octanol–water partition coefficient (Wildman–Crippen LogP) is 6.78. The van der Waals surface area contributed by atoms with Crippen molar-refractivity contribution in [3.8, 4) is 0 Å². The van der Waals surface area contributed by atoms with Crippen LogP contribution >= 0.6 is 0 Å². The van der Waals surface area contributed by atoms with Crippen molar-refractivity contribution >= 4 is 10.8 Å². The molecule has 1 aliphatic carbocycles. The van der Waals surface area contributed by atoms with Crippen LogP contribution in [0.15, 0.2) is 43.0 Å². The minimum absolute atomic E-state index is 0.0118. The van der Waals surface area contributed by atoms with Gasteiger partial charge in [0.15, 0.2) is 0 Å². The number of hydrogen-bond donors (Lipinski definition) is 0. The molecule has 0 radical (unpaired) electrons.